The summed E-state index contributed by atoms with van der Waals surface area (Å²) >= 11 is 0. The first-order valence-electron chi connectivity index (χ1n) is 20.3. The molecular weight excluding hydrogens is 773 g/mol. The summed E-state index contributed by atoms with van der Waals surface area (Å²) in [5.41, 5.74) is 7.35. The van der Waals surface area contributed by atoms with E-state index < -0.39 is 28.3 Å². The number of hydrogen-bond donors (Lipinski definition) is 3. The van der Waals surface area contributed by atoms with E-state index in [4.69, 9.17) is 9.47 Å². The zero-order valence-electron chi connectivity index (χ0n) is 33.9. The van der Waals surface area contributed by atoms with E-state index in [1.165, 1.54) is 12.1 Å². The highest BCUT2D eigenvalue weighted by Gasteiger charge is 2.42. The molecule has 3 N–H and O–H groups in total. The zero-order valence-corrected chi connectivity index (χ0v) is 34.7. The molecule has 1 amide bonds. The third-order valence-corrected chi connectivity index (χ3v) is 12.4. The molecule has 0 saturated carbocycles. The maximum Gasteiger partial charge on any atom is 0.241 e. The molecule has 1 aliphatic rings. The van der Waals surface area contributed by atoms with Crippen LogP contribution in [0.1, 0.15) is 62.9 Å². The Morgan fingerprint density at radius 3 is 2.07 bits per heavy atom. The molecular formula is C49H52N4O6S. The van der Waals surface area contributed by atoms with Crippen molar-refractivity contribution in [3.05, 3.63) is 202 Å². The highest BCUT2D eigenvalue weighted by Crippen LogP contribution is 2.47. The second-order valence-electron chi connectivity index (χ2n) is 15.4. The molecule has 2 heterocycles. The van der Waals surface area contributed by atoms with E-state index in [0.717, 1.165) is 57.6 Å². The van der Waals surface area contributed by atoms with Gasteiger partial charge in [0.2, 0.25) is 15.9 Å². The molecule has 60 heavy (non-hydrogen) atoms. The van der Waals surface area contributed by atoms with Gasteiger partial charge in [0, 0.05) is 49.4 Å². The van der Waals surface area contributed by atoms with Crippen molar-refractivity contribution < 1.29 is 27.8 Å². The number of amides is 1. The number of benzene rings is 5. The van der Waals surface area contributed by atoms with Crippen molar-refractivity contribution >= 4 is 15.9 Å². The molecule has 10 nitrogen and oxygen atoms in total. The Morgan fingerprint density at radius 2 is 1.40 bits per heavy atom. The standard InChI is InChI=1S/C49H52N4O6S/c1-35-16-26-43(27-17-35)60(56,57)52-44(31-36-11-5-3-6-12-36)48(55)51-32-37-18-24-41(25-19-37)49-58-45(33-53(2)30-28-42-15-9-10-29-50-42)46(39-13-7-4-8-14-39)47(59-49)40-22-20-38(34-54)21-23-40/h3-27,29,44-47,49,52,54H,28,30-34H2,1-2H3,(H,51,55). The van der Waals surface area contributed by atoms with Gasteiger partial charge in [0.1, 0.15) is 6.04 Å². The number of likely N-dealkylation sites (N-methyl/N-ethyl adjacent to an activating group) is 1. The highest BCUT2D eigenvalue weighted by atomic mass is 32.2. The maximum atomic E-state index is 13.7. The monoisotopic (exact) mass is 824 g/mol. The summed E-state index contributed by atoms with van der Waals surface area (Å²) in [6.07, 6.45) is 1.48. The van der Waals surface area contributed by atoms with Gasteiger partial charge in [-0.3, -0.25) is 9.78 Å². The molecule has 5 aromatic carbocycles. The SMILES string of the molecule is Cc1ccc(S(=O)(=O)NC(Cc2ccccc2)C(=O)NCc2ccc(C3OC(CN(C)CCc4ccccn4)C(c4ccccc4)C(c4ccc(CO)cc4)O3)cc2)cc1. The summed E-state index contributed by atoms with van der Waals surface area (Å²) in [4.78, 5) is 20.6. The van der Waals surface area contributed by atoms with Crippen LogP contribution in [0.2, 0.25) is 0 Å². The second-order valence-corrected chi connectivity index (χ2v) is 17.1. The Bertz CT molecular complexity index is 2370. The summed E-state index contributed by atoms with van der Waals surface area (Å²) in [5.74, 6) is -0.573. The summed E-state index contributed by atoms with van der Waals surface area (Å²) in [5, 5.41) is 12.8. The van der Waals surface area contributed by atoms with Gasteiger partial charge < -0.3 is 24.8 Å². The Hall–Kier alpha value is -5.53. The summed E-state index contributed by atoms with van der Waals surface area (Å²) in [6.45, 7) is 3.45. The number of aryl methyl sites for hydroxylation is 1. The smallest absolute Gasteiger partial charge is 0.241 e. The number of aromatic nitrogens is 1. The van der Waals surface area contributed by atoms with Crippen LogP contribution < -0.4 is 10.0 Å². The van der Waals surface area contributed by atoms with Crippen LogP contribution in [0.3, 0.4) is 0 Å². The van der Waals surface area contributed by atoms with Crippen molar-refractivity contribution in [3.8, 4) is 0 Å². The van der Waals surface area contributed by atoms with Crippen LogP contribution in [0.4, 0.5) is 0 Å². The molecule has 0 radical (unpaired) electrons. The van der Waals surface area contributed by atoms with Crippen molar-refractivity contribution in [2.45, 2.75) is 68.3 Å². The molecule has 5 atom stereocenters. The van der Waals surface area contributed by atoms with Gasteiger partial charge in [-0.1, -0.05) is 133 Å². The van der Waals surface area contributed by atoms with Crippen molar-refractivity contribution in [1.29, 1.82) is 0 Å². The lowest BCUT2D eigenvalue weighted by Crippen LogP contribution is -2.47. The Kier molecular flexibility index (Phi) is 14.3. The Labute approximate surface area is 353 Å². The number of aliphatic hydroxyl groups excluding tert-OH is 1. The average molecular weight is 825 g/mol. The summed E-state index contributed by atoms with van der Waals surface area (Å²) in [7, 11) is -1.87. The third-order valence-electron chi connectivity index (χ3n) is 10.9. The predicted molar refractivity (Wildman–Crippen MR) is 232 cm³/mol. The number of ether oxygens (including phenoxy) is 2. The lowest BCUT2D eigenvalue weighted by atomic mass is 9.83. The van der Waals surface area contributed by atoms with E-state index in [-0.39, 0.29) is 42.6 Å². The van der Waals surface area contributed by atoms with Crippen molar-refractivity contribution in [3.63, 3.8) is 0 Å². The molecule has 11 heteroatoms. The van der Waals surface area contributed by atoms with Gasteiger partial charge in [-0.2, -0.15) is 4.72 Å². The number of carbonyl (C=O) groups is 1. The number of nitrogens with zero attached hydrogens (tertiary/aromatic N) is 2. The van der Waals surface area contributed by atoms with Gasteiger partial charge in [-0.15, -0.1) is 0 Å². The number of aliphatic hydroxyl groups is 1. The molecule has 7 rings (SSSR count). The highest BCUT2D eigenvalue weighted by molar-refractivity contribution is 7.89. The molecule has 310 valence electrons. The number of hydrogen-bond acceptors (Lipinski definition) is 8. The number of pyridine rings is 1. The van der Waals surface area contributed by atoms with E-state index in [9.17, 15) is 18.3 Å². The molecule has 6 aromatic rings. The van der Waals surface area contributed by atoms with E-state index >= 15 is 0 Å². The molecule has 1 aliphatic heterocycles. The lowest BCUT2D eigenvalue weighted by Gasteiger charge is -2.44. The van der Waals surface area contributed by atoms with Crippen LogP contribution in [-0.4, -0.2) is 61.6 Å². The molecule has 0 spiro atoms. The van der Waals surface area contributed by atoms with Gasteiger partial charge in [0.25, 0.3) is 0 Å². The number of carbonyl (C=O) groups excluding carboxylic acids is 1. The normalized spacial score (nSPS) is 18.5. The lowest BCUT2D eigenvalue weighted by molar-refractivity contribution is -0.263. The minimum Gasteiger partial charge on any atom is -0.392 e. The van der Waals surface area contributed by atoms with Crippen LogP contribution in [0.25, 0.3) is 0 Å². The van der Waals surface area contributed by atoms with E-state index in [0.29, 0.717) is 6.54 Å². The number of sulfonamides is 1. The van der Waals surface area contributed by atoms with Gasteiger partial charge in [-0.25, -0.2) is 8.42 Å². The van der Waals surface area contributed by atoms with Gasteiger partial charge in [-0.05, 0) is 72.5 Å². The Morgan fingerprint density at radius 1 is 0.750 bits per heavy atom. The fourth-order valence-electron chi connectivity index (χ4n) is 7.53. The third kappa shape index (κ3) is 11.2. The topological polar surface area (TPSA) is 130 Å². The first-order valence-corrected chi connectivity index (χ1v) is 21.8. The van der Waals surface area contributed by atoms with Crippen molar-refractivity contribution in [2.75, 3.05) is 20.1 Å². The molecule has 0 aliphatic carbocycles. The molecule has 5 unspecified atom stereocenters. The number of nitrogens with one attached hydrogen (secondary N) is 2. The quantitative estimate of drug-likeness (QED) is 0.0881. The zero-order chi connectivity index (χ0) is 41.9. The largest absolute Gasteiger partial charge is 0.392 e. The van der Waals surface area contributed by atoms with E-state index in [2.05, 4.69) is 39.1 Å². The second kappa shape index (κ2) is 20.2. The fourth-order valence-corrected chi connectivity index (χ4v) is 8.73. The maximum absolute atomic E-state index is 13.7. The Balaban J connectivity index is 1.09. The summed E-state index contributed by atoms with van der Waals surface area (Å²) in [6, 6.07) is 46.8. The van der Waals surface area contributed by atoms with Gasteiger partial charge in [0.05, 0.1) is 23.7 Å². The van der Waals surface area contributed by atoms with Crippen molar-refractivity contribution in [2.24, 2.45) is 0 Å². The average Bonchev–Trinajstić information content (AvgIpc) is 3.28. The van der Waals surface area contributed by atoms with Crippen LogP contribution in [0.5, 0.6) is 0 Å². The van der Waals surface area contributed by atoms with Crippen LogP contribution in [-0.2, 0) is 50.3 Å². The van der Waals surface area contributed by atoms with Gasteiger partial charge in [0.15, 0.2) is 6.29 Å². The van der Waals surface area contributed by atoms with Crippen LogP contribution in [0, 0.1) is 6.92 Å². The minimum absolute atomic E-state index is 0.0487. The molecule has 1 saturated heterocycles. The molecule has 1 aromatic heterocycles. The molecule has 0 bridgehead atoms. The van der Waals surface area contributed by atoms with Gasteiger partial charge >= 0.3 is 0 Å². The molecule has 1 fully saturated rings. The van der Waals surface area contributed by atoms with Crippen LogP contribution >= 0.6 is 0 Å². The van der Waals surface area contributed by atoms with Crippen LogP contribution in [0.15, 0.2) is 163 Å². The first kappa shape index (κ1) is 42.6. The predicted octanol–water partition coefficient (Wildman–Crippen LogP) is 7.20. The van der Waals surface area contributed by atoms with Crippen molar-refractivity contribution in [1.82, 2.24) is 19.9 Å². The first-order chi connectivity index (χ1) is 29.1. The fraction of sp³-hybridized carbons (Fsp3) is 0.265. The van der Waals surface area contributed by atoms with E-state index in [1.54, 1.807) is 12.1 Å². The van der Waals surface area contributed by atoms with E-state index in [1.807, 2.05) is 128 Å². The number of rotatable bonds is 17. The minimum atomic E-state index is -3.98. The summed E-state index contributed by atoms with van der Waals surface area (Å²) < 4.78 is 43.3.